The van der Waals surface area contributed by atoms with Crippen LogP contribution in [0.1, 0.15) is 15.9 Å². The first-order valence-electron chi connectivity index (χ1n) is 5.94. The molecule has 2 N–H and O–H groups in total. The van der Waals surface area contributed by atoms with Gasteiger partial charge in [-0.05, 0) is 24.6 Å². The maximum Gasteiger partial charge on any atom is 0.335 e. The fourth-order valence-corrected chi connectivity index (χ4v) is 2.91. The molecule has 0 radical (unpaired) electrons. The summed E-state index contributed by atoms with van der Waals surface area (Å²) in [6, 6.07) is 3.88. The van der Waals surface area contributed by atoms with Gasteiger partial charge in [0.15, 0.2) is 0 Å². The normalized spacial score (nSPS) is 11.8. The number of hydrogen-bond acceptors (Lipinski definition) is 4. The van der Waals surface area contributed by atoms with E-state index in [4.69, 9.17) is 5.11 Å². The zero-order valence-electron chi connectivity index (χ0n) is 11.2. The van der Waals surface area contributed by atoms with Crippen molar-refractivity contribution in [1.82, 2.24) is 4.72 Å². The standard InChI is InChI=1S/C12H15F2NO5S/c1-8-9(12(16)17)3-2-4-10(8)21(18,19)15-5-6-20-7-11(13)14/h2-4,11,15H,5-7H2,1H3,(H,16,17). The molecule has 0 saturated heterocycles. The van der Waals surface area contributed by atoms with Crippen LogP contribution in [0.3, 0.4) is 0 Å². The highest BCUT2D eigenvalue weighted by Crippen LogP contribution is 2.18. The van der Waals surface area contributed by atoms with Crippen LogP contribution in [-0.2, 0) is 14.8 Å². The Morgan fingerprint density at radius 2 is 2.10 bits per heavy atom. The second-order valence-electron chi connectivity index (χ2n) is 4.10. The lowest BCUT2D eigenvalue weighted by atomic mass is 10.1. The number of rotatable bonds is 8. The van der Waals surface area contributed by atoms with E-state index in [0.717, 1.165) is 0 Å². The van der Waals surface area contributed by atoms with E-state index in [0.29, 0.717) is 0 Å². The SMILES string of the molecule is Cc1c(C(=O)O)cccc1S(=O)(=O)NCCOCC(F)F. The van der Waals surface area contributed by atoms with E-state index in [-0.39, 0.29) is 29.2 Å². The quantitative estimate of drug-likeness (QED) is 0.703. The number of sulfonamides is 1. The summed E-state index contributed by atoms with van der Waals surface area (Å²) < 4.78 is 54.4. The molecule has 9 heteroatoms. The largest absolute Gasteiger partial charge is 0.478 e. The molecule has 1 aromatic carbocycles. The molecule has 1 aromatic rings. The van der Waals surface area contributed by atoms with Gasteiger partial charge in [-0.15, -0.1) is 0 Å². The molecule has 0 fully saturated rings. The summed E-state index contributed by atoms with van der Waals surface area (Å²) in [5.41, 5.74) is -0.0159. The Bertz CT molecular complexity index is 604. The van der Waals surface area contributed by atoms with Crippen LogP contribution in [0.4, 0.5) is 8.78 Å². The average Bonchev–Trinajstić information content (AvgIpc) is 2.37. The summed E-state index contributed by atoms with van der Waals surface area (Å²) in [6.07, 6.45) is -2.61. The summed E-state index contributed by atoms with van der Waals surface area (Å²) in [4.78, 5) is 10.8. The molecule has 0 unspecified atom stereocenters. The highest BCUT2D eigenvalue weighted by Gasteiger charge is 2.20. The van der Waals surface area contributed by atoms with Crippen LogP contribution >= 0.6 is 0 Å². The van der Waals surface area contributed by atoms with Crippen LogP contribution in [0.2, 0.25) is 0 Å². The third-order valence-electron chi connectivity index (χ3n) is 2.59. The Kier molecular flexibility index (Phi) is 6.19. The first-order chi connectivity index (χ1) is 9.75. The number of carboxylic acids is 1. The van der Waals surface area contributed by atoms with Gasteiger partial charge in [-0.2, -0.15) is 0 Å². The van der Waals surface area contributed by atoms with E-state index in [9.17, 15) is 22.0 Å². The monoisotopic (exact) mass is 323 g/mol. The molecular weight excluding hydrogens is 308 g/mol. The number of benzene rings is 1. The van der Waals surface area contributed by atoms with Crippen molar-refractivity contribution in [2.24, 2.45) is 0 Å². The van der Waals surface area contributed by atoms with Gasteiger partial charge in [0.05, 0.1) is 17.1 Å². The highest BCUT2D eigenvalue weighted by atomic mass is 32.2. The van der Waals surface area contributed by atoms with Crippen molar-refractivity contribution >= 4 is 16.0 Å². The van der Waals surface area contributed by atoms with Gasteiger partial charge in [-0.3, -0.25) is 0 Å². The first kappa shape index (κ1) is 17.5. The summed E-state index contributed by atoms with van der Waals surface area (Å²) in [5.74, 6) is -1.23. The highest BCUT2D eigenvalue weighted by molar-refractivity contribution is 7.89. The molecule has 0 aromatic heterocycles. The summed E-state index contributed by atoms with van der Waals surface area (Å²) in [5, 5.41) is 8.95. The van der Waals surface area contributed by atoms with Crippen molar-refractivity contribution in [3.63, 3.8) is 0 Å². The van der Waals surface area contributed by atoms with Gasteiger partial charge in [0.1, 0.15) is 6.61 Å². The number of carboxylic acid groups (broad SMARTS) is 1. The zero-order chi connectivity index (χ0) is 16.0. The molecule has 0 saturated carbocycles. The van der Waals surface area contributed by atoms with Gasteiger partial charge in [0, 0.05) is 6.54 Å². The minimum absolute atomic E-state index is 0.103. The average molecular weight is 323 g/mol. The van der Waals surface area contributed by atoms with E-state index in [1.165, 1.54) is 25.1 Å². The molecule has 21 heavy (non-hydrogen) atoms. The van der Waals surface area contributed by atoms with Crippen LogP contribution in [-0.4, -0.2) is 45.7 Å². The number of ether oxygens (including phenoxy) is 1. The summed E-state index contributed by atoms with van der Waals surface area (Å²) in [7, 11) is -3.93. The third kappa shape index (κ3) is 5.03. The molecule has 118 valence electrons. The Hall–Kier alpha value is -1.58. The van der Waals surface area contributed by atoms with Gasteiger partial charge in [-0.1, -0.05) is 6.07 Å². The van der Waals surface area contributed by atoms with Crippen LogP contribution in [0.25, 0.3) is 0 Å². The Balaban J connectivity index is 2.75. The molecule has 0 spiro atoms. The molecule has 0 atom stereocenters. The van der Waals surface area contributed by atoms with Gasteiger partial charge in [0.25, 0.3) is 6.43 Å². The Morgan fingerprint density at radius 3 is 2.67 bits per heavy atom. The number of nitrogens with one attached hydrogen (secondary N) is 1. The number of carbonyl (C=O) groups is 1. The third-order valence-corrected chi connectivity index (χ3v) is 4.19. The minimum atomic E-state index is -3.93. The van der Waals surface area contributed by atoms with Crippen molar-refractivity contribution in [2.75, 3.05) is 19.8 Å². The zero-order valence-corrected chi connectivity index (χ0v) is 12.0. The van der Waals surface area contributed by atoms with Crippen molar-refractivity contribution in [1.29, 1.82) is 0 Å². The smallest absolute Gasteiger partial charge is 0.335 e. The summed E-state index contributed by atoms with van der Waals surface area (Å²) in [6.45, 7) is 0.216. The molecule has 6 nitrogen and oxygen atoms in total. The lowest BCUT2D eigenvalue weighted by molar-refractivity contribution is 0.0199. The minimum Gasteiger partial charge on any atom is -0.478 e. The van der Waals surface area contributed by atoms with Gasteiger partial charge >= 0.3 is 5.97 Å². The van der Waals surface area contributed by atoms with E-state index in [1.54, 1.807) is 0 Å². The van der Waals surface area contributed by atoms with E-state index >= 15 is 0 Å². The van der Waals surface area contributed by atoms with Crippen molar-refractivity contribution in [3.05, 3.63) is 29.3 Å². The number of halogens is 2. The molecule has 0 bridgehead atoms. The molecule has 0 heterocycles. The van der Waals surface area contributed by atoms with E-state index in [2.05, 4.69) is 9.46 Å². The predicted octanol–water partition coefficient (Wildman–Crippen LogP) is 1.25. The van der Waals surface area contributed by atoms with Crippen LogP contribution in [0.15, 0.2) is 23.1 Å². The fraction of sp³-hybridized carbons (Fsp3) is 0.417. The predicted molar refractivity (Wildman–Crippen MR) is 70.1 cm³/mol. The van der Waals surface area contributed by atoms with Crippen molar-refractivity contribution < 1.29 is 31.8 Å². The van der Waals surface area contributed by atoms with E-state index in [1.807, 2.05) is 0 Å². The number of hydrogen-bond donors (Lipinski definition) is 2. The molecule has 0 aliphatic rings. The Morgan fingerprint density at radius 1 is 1.43 bits per heavy atom. The Labute approximate surface area is 120 Å². The van der Waals surface area contributed by atoms with Crippen LogP contribution in [0.5, 0.6) is 0 Å². The molecule has 1 rings (SSSR count). The van der Waals surface area contributed by atoms with Gasteiger partial charge in [0.2, 0.25) is 10.0 Å². The van der Waals surface area contributed by atoms with Crippen LogP contribution in [0, 0.1) is 6.92 Å². The fourth-order valence-electron chi connectivity index (χ4n) is 1.64. The molecule has 0 aliphatic carbocycles. The molecular formula is C12H15F2NO5S. The number of aromatic carboxylic acids is 1. The number of alkyl halides is 2. The van der Waals surface area contributed by atoms with Crippen molar-refractivity contribution in [2.45, 2.75) is 18.2 Å². The van der Waals surface area contributed by atoms with E-state index < -0.39 is 29.0 Å². The van der Waals surface area contributed by atoms with Gasteiger partial charge in [-0.25, -0.2) is 26.7 Å². The maximum atomic E-state index is 12.0. The topological polar surface area (TPSA) is 92.7 Å². The summed E-state index contributed by atoms with van der Waals surface area (Å²) >= 11 is 0. The lowest BCUT2D eigenvalue weighted by Gasteiger charge is -2.11. The van der Waals surface area contributed by atoms with Crippen molar-refractivity contribution in [3.8, 4) is 0 Å². The molecule has 0 amide bonds. The van der Waals surface area contributed by atoms with Crippen LogP contribution < -0.4 is 4.72 Å². The van der Waals surface area contributed by atoms with Gasteiger partial charge < -0.3 is 9.84 Å². The lowest BCUT2D eigenvalue weighted by Crippen LogP contribution is -2.29. The molecule has 0 aliphatic heterocycles. The second-order valence-corrected chi connectivity index (χ2v) is 5.83. The second kappa shape index (κ2) is 7.43. The maximum absolute atomic E-state index is 12.0. The first-order valence-corrected chi connectivity index (χ1v) is 7.42.